The third-order valence-electron chi connectivity index (χ3n) is 8.25. The maximum absolute atomic E-state index is 14.1. The number of hydrogen-bond donors (Lipinski definition) is 1. The number of aromatic nitrogens is 1. The molecule has 3 amide bonds. The fourth-order valence-corrected chi connectivity index (χ4v) is 8.64. The summed E-state index contributed by atoms with van der Waals surface area (Å²) in [5, 5.41) is 1.99. The lowest BCUT2D eigenvalue weighted by molar-refractivity contribution is -0.137. The van der Waals surface area contributed by atoms with Gasteiger partial charge >= 0.3 is 11.0 Å². The number of carbonyl (C=O) groups is 3. The van der Waals surface area contributed by atoms with Gasteiger partial charge in [0, 0.05) is 16.5 Å². The molecule has 12 heteroatoms. The fraction of sp³-hybridized carbons (Fsp3) is 0.294. The number of imide groups is 1. The number of carbonyl (C=O) groups excluding carboxylic acids is 3. The molecule has 0 aliphatic carbocycles. The number of rotatable bonds is 5. The summed E-state index contributed by atoms with van der Waals surface area (Å²) < 4.78 is 40.9. The summed E-state index contributed by atoms with van der Waals surface area (Å²) >= 11 is 1.99. The lowest BCUT2D eigenvalue weighted by atomic mass is 9.81. The van der Waals surface area contributed by atoms with Crippen molar-refractivity contribution < 1.29 is 27.6 Å². The van der Waals surface area contributed by atoms with Crippen LogP contribution < -0.4 is 15.1 Å². The zero-order valence-electron chi connectivity index (χ0n) is 25.3. The molecule has 1 N–H and O–H groups in total. The van der Waals surface area contributed by atoms with Crippen LogP contribution in [-0.4, -0.2) is 27.5 Å². The van der Waals surface area contributed by atoms with Crippen molar-refractivity contribution in [3.63, 3.8) is 0 Å². The van der Waals surface area contributed by atoms with Gasteiger partial charge in [0.1, 0.15) is 11.8 Å². The lowest BCUT2D eigenvalue weighted by Crippen LogP contribution is -2.33. The number of alkyl halides is 3. The van der Waals surface area contributed by atoms with Gasteiger partial charge in [-0.15, -0.1) is 0 Å². The van der Waals surface area contributed by atoms with Gasteiger partial charge in [-0.1, -0.05) is 91.9 Å². The highest BCUT2D eigenvalue weighted by Crippen LogP contribution is 2.54. The van der Waals surface area contributed by atoms with E-state index < -0.39 is 52.1 Å². The summed E-state index contributed by atoms with van der Waals surface area (Å²) in [5.41, 5.74) is 2.16. The SMILES string of the molecule is Cc1ccc(N2C(=O)C3Sc4c(sc(=O)n4CC(=O)Nc4cccc(C(F)(F)F)c4)[C@H](c4ccc(C(C)(C)C)cc4)C3C2=O)cc1. The van der Waals surface area contributed by atoms with Crippen molar-refractivity contribution in [2.45, 2.75) is 62.0 Å². The fourth-order valence-electron chi connectivity index (χ4n) is 5.87. The third kappa shape index (κ3) is 5.79. The number of thiazole rings is 1. The predicted molar refractivity (Wildman–Crippen MR) is 172 cm³/mol. The van der Waals surface area contributed by atoms with Crippen molar-refractivity contribution in [1.82, 2.24) is 4.57 Å². The molecule has 3 heterocycles. The molecule has 46 heavy (non-hydrogen) atoms. The maximum Gasteiger partial charge on any atom is 0.416 e. The molecule has 4 aromatic rings. The number of hydrogen-bond acceptors (Lipinski definition) is 6. The van der Waals surface area contributed by atoms with Crippen LogP contribution in [0.5, 0.6) is 0 Å². The van der Waals surface area contributed by atoms with Gasteiger partial charge in [0.05, 0.1) is 22.2 Å². The van der Waals surface area contributed by atoms with E-state index in [0.29, 0.717) is 15.6 Å². The quantitative estimate of drug-likeness (QED) is 0.233. The van der Waals surface area contributed by atoms with E-state index in [4.69, 9.17) is 0 Å². The van der Waals surface area contributed by atoms with E-state index >= 15 is 0 Å². The molecule has 7 nitrogen and oxygen atoms in total. The highest BCUT2D eigenvalue weighted by molar-refractivity contribution is 8.00. The first kappa shape index (κ1) is 31.8. The second kappa shape index (κ2) is 11.6. The van der Waals surface area contributed by atoms with Gasteiger partial charge in [-0.2, -0.15) is 13.2 Å². The van der Waals surface area contributed by atoms with Crippen molar-refractivity contribution in [3.05, 3.63) is 110 Å². The molecule has 1 aromatic heterocycles. The predicted octanol–water partition coefficient (Wildman–Crippen LogP) is 6.97. The van der Waals surface area contributed by atoms with Crippen LogP contribution in [0.4, 0.5) is 24.5 Å². The summed E-state index contributed by atoms with van der Waals surface area (Å²) in [6.07, 6.45) is -4.59. The Balaban J connectivity index is 1.39. The molecule has 3 aromatic carbocycles. The highest BCUT2D eigenvalue weighted by atomic mass is 32.2. The van der Waals surface area contributed by atoms with Gasteiger partial charge in [-0.25, -0.2) is 4.90 Å². The number of nitrogens with one attached hydrogen (secondary N) is 1. The number of fused-ring (bicyclic) bond motifs is 2. The first-order valence-corrected chi connectivity index (χ1v) is 16.3. The molecule has 2 aliphatic heterocycles. The van der Waals surface area contributed by atoms with Crippen LogP contribution in [0, 0.1) is 12.8 Å². The number of amides is 3. The molecular formula is C34H30F3N3O4S2. The standard InChI is InChI=1S/C34H30F3N3O4S2/c1-18-8-14-23(15-9-18)40-29(42)26-25(19-10-12-20(13-11-19)33(2,3)4)28-31(45-27(26)30(40)43)39(32(44)46-28)17-24(41)38-22-7-5-6-21(16-22)34(35,36)37/h5-16,25-27H,17H2,1-4H3,(H,38,41)/t25-,26?,27?/m1/s1. The smallest absolute Gasteiger partial charge is 0.325 e. The third-order valence-corrected chi connectivity index (χ3v) is 10.9. The summed E-state index contributed by atoms with van der Waals surface area (Å²) in [6, 6.07) is 19.1. The lowest BCUT2D eigenvalue weighted by Gasteiger charge is -2.31. The van der Waals surface area contributed by atoms with Gasteiger partial charge in [0.25, 0.3) is 0 Å². The Bertz CT molecular complexity index is 1910. The van der Waals surface area contributed by atoms with E-state index in [0.717, 1.165) is 51.9 Å². The maximum atomic E-state index is 14.1. The van der Waals surface area contributed by atoms with Crippen molar-refractivity contribution >= 4 is 52.2 Å². The average Bonchev–Trinajstić information content (AvgIpc) is 3.43. The Morgan fingerprint density at radius 3 is 2.20 bits per heavy atom. The Morgan fingerprint density at radius 2 is 1.57 bits per heavy atom. The monoisotopic (exact) mass is 665 g/mol. The Hall–Kier alpha value is -4.16. The Labute approximate surface area is 271 Å². The molecule has 2 unspecified atom stereocenters. The van der Waals surface area contributed by atoms with Gasteiger partial charge in [-0.05, 0) is 53.8 Å². The molecule has 6 rings (SSSR count). The van der Waals surface area contributed by atoms with Gasteiger partial charge in [0.15, 0.2) is 0 Å². The van der Waals surface area contributed by atoms with Crippen LogP contribution in [-0.2, 0) is 32.5 Å². The van der Waals surface area contributed by atoms with Gasteiger partial charge < -0.3 is 5.32 Å². The zero-order chi connectivity index (χ0) is 33.1. The molecular weight excluding hydrogens is 636 g/mol. The minimum absolute atomic E-state index is 0.0631. The van der Waals surface area contributed by atoms with Gasteiger partial charge in [-0.3, -0.25) is 23.7 Å². The summed E-state index contributed by atoms with van der Waals surface area (Å²) in [4.78, 5) is 55.8. The number of benzene rings is 3. The normalized spacial score (nSPS) is 19.6. The minimum atomic E-state index is -4.59. The summed E-state index contributed by atoms with van der Waals surface area (Å²) in [6.45, 7) is 7.68. The van der Waals surface area contributed by atoms with Crippen LogP contribution in [0.15, 0.2) is 82.6 Å². The summed E-state index contributed by atoms with van der Waals surface area (Å²) in [5.74, 6) is -2.91. The number of aryl methyl sites for hydroxylation is 1. The molecule has 3 atom stereocenters. The topological polar surface area (TPSA) is 88.5 Å². The van der Waals surface area contributed by atoms with E-state index in [1.165, 1.54) is 21.6 Å². The number of anilines is 2. The van der Waals surface area contributed by atoms with Crippen LogP contribution in [0.25, 0.3) is 0 Å². The molecule has 0 bridgehead atoms. The Kier molecular flexibility index (Phi) is 8.00. The molecule has 1 fully saturated rings. The van der Waals surface area contributed by atoms with Crippen molar-refractivity contribution in [2.24, 2.45) is 5.92 Å². The van der Waals surface area contributed by atoms with E-state index in [1.54, 1.807) is 12.1 Å². The van der Waals surface area contributed by atoms with E-state index in [9.17, 15) is 32.3 Å². The van der Waals surface area contributed by atoms with Crippen LogP contribution in [0.1, 0.15) is 53.8 Å². The molecule has 0 radical (unpaired) electrons. The molecule has 0 spiro atoms. The first-order valence-electron chi connectivity index (χ1n) is 14.6. The molecule has 238 valence electrons. The number of halogens is 3. The average molecular weight is 666 g/mol. The van der Waals surface area contributed by atoms with E-state index in [2.05, 4.69) is 26.1 Å². The van der Waals surface area contributed by atoms with Crippen molar-refractivity contribution in [3.8, 4) is 0 Å². The minimum Gasteiger partial charge on any atom is -0.325 e. The first-order chi connectivity index (χ1) is 21.6. The highest BCUT2D eigenvalue weighted by Gasteiger charge is 2.56. The summed E-state index contributed by atoms with van der Waals surface area (Å²) in [7, 11) is 0. The van der Waals surface area contributed by atoms with Crippen LogP contribution in [0.2, 0.25) is 0 Å². The largest absolute Gasteiger partial charge is 0.416 e. The van der Waals surface area contributed by atoms with Gasteiger partial charge in [0.2, 0.25) is 17.7 Å². The molecule has 1 saturated heterocycles. The number of nitrogens with zero attached hydrogens (tertiary/aromatic N) is 2. The van der Waals surface area contributed by atoms with Crippen molar-refractivity contribution in [1.29, 1.82) is 0 Å². The van der Waals surface area contributed by atoms with E-state index in [-0.39, 0.29) is 17.0 Å². The van der Waals surface area contributed by atoms with Crippen LogP contribution >= 0.6 is 23.1 Å². The van der Waals surface area contributed by atoms with Crippen LogP contribution in [0.3, 0.4) is 0 Å². The molecule has 2 aliphatic rings. The van der Waals surface area contributed by atoms with E-state index in [1.807, 2.05) is 43.3 Å². The molecule has 0 saturated carbocycles. The Morgan fingerprint density at radius 1 is 0.891 bits per heavy atom. The second-order valence-corrected chi connectivity index (χ2v) is 14.6. The number of thioether (sulfide) groups is 1. The second-order valence-electron chi connectivity index (χ2n) is 12.5. The van der Waals surface area contributed by atoms with Crippen molar-refractivity contribution in [2.75, 3.05) is 10.2 Å². The zero-order valence-corrected chi connectivity index (χ0v) is 27.0.